The molecule has 3 aliphatic carbocycles. The van der Waals surface area contributed by atoms with E-state index in [4.69, 9.17) is 9.97 Å². The molecule has 0 radical (unpaired) electrons. The maximum atomic E-state index is 14.6. The number of aromatic nitrogens is 4. The number of alkyl halides is 4. The molecule has 11 rings (SSSR count). The Hall–Kier alpha value is -7.13. The van der Waals surface area contributed by atoms with E-state index in [2.05, 4.69) is 41.5 Å². The largest absolute Gasteiger partial charge is 0.478 e. The number of aliphatic hydroxyl groups is 1. The molecule has 2 spiro atoms. The number of hydrogen-bond donors (Lipinski definition) is 6. The van der Waals surface area contributed by atoms with Crippen LogP contribution in [-0.2, 0) is 24.8 Å². The van der Waals surface area contributed by atoms with Crippen LogP contribution in [0.2, 0.25) is 0 Å². The van der Waals surface area contributed by atoms with E-state index in [1.54, 1.807) is 47.1 Å². The lowest BCUT2D eigenvalue weighted by Gasteiger charge is -2.36. The number of sulfonamides is 2. The van der Waals surface area contributed by atoms with Crippen LogP contribution in [0.3, 0.4) is 0 Å². The van der Waals surface area contributed by atoms with Gasteiger partial charge < -0.3 is 40.4 Å². The Morgan fingerprint density at radius 2 is 1.14 bits per heavy atom. The molecule has 21 nitrogen and oxygen atoms in total. The van der Waals surface area contributed by atoms with Crippen molar-refractivity contribution in [3.63, 3.8) is 0 Å². The van der Waals surface area contributed by atoms with Gasteiger partial charge in [0, 0.05) is 108 Å². The van der Waals surface area contributed by atoms with Gasteiger partial charge in [-0.05, 0) is 119 Å². The molecule has 7 aliphatic rings. The van der Waals surface area contributed by atoms with Crippen LogP contribution < -0.4 is 39.7 Å². The van der Waals surface area contributed by atoms with E-state index in [0.29, 0.717) is 73.8 Å². The van der Waals surface area contributed by atoms with Crippen LogP contribution in [0.5, 0.6) is 0 Å². The van der Waals surface area contributed by atoms with Gasteiger partial charge in [-0.15, -0.1) is 0 Å². The van der Waals surface area contributed by atoms with Crippen molar-refractivity contribution in [1.82, 2.24) is 19.9 Å². The van der Waals surface area contributed by atoms with Crippen LogP contribution in [0, 0.1) is 17.8 Å². The van der Waals surface area contributed by atoms with Gasteiger partial charge in [0.25, 0.3) is 23.7 Å². The molecule has 85 heavy (non-hydrogen) atoms. The molecule has 7 fully saturated rings. The Bertz CT molecular complexity index is 3570. The van der Waals surface area contributed by atoms with Gasteiger partial charge in [-0.3, -0.25) is 19.0 Å². The molecule has 456 valence electrons. The lowest BCUT2D eigenvalue weighted by atomic mass is 9.89. The summed E-state index contributed by atoms with van der Waals surface area (Å²) < 4.78 is 115. The highest BCUT2D eigenvalue weighted by Gasteiger charge is 2.57. The monoisotopic (exact) mass is 1220 g/mol. The van der Waals surface area contributed by atoms with Crippen molar-refractivity contribution in [2.75, 3.05) is 97.8 Å². The summed E-state index contributed by atoms with van der Waals surface area (Å²) in [5, 5.41) is 25.5. The van der Waals surface area contributed by atoms with Crippen LogP contribution in [0.15, 0.2) is 72.8 Å². The van der Waals surface area contributed by atoms with E-state index >= 15 is 0 Å². The summed E-state index contributed by atoms with van der Waals surface area (Å²) in [5.74, 6) is -8.22. The topological polar surface area (TPSA) is 273 Å². The number of nitrogens with one attached hydrogen (secondary N) is 4. The first kappa shape index (κ1) is 59.6. The van der Waals surface area contributed by atoms with Crippen molar-refractivity contribution in [2.24, 2.45) is 10.8 Å². The molecular formula is C58H70F4N12O9S2. The molecule has 2 aromatic heterocycles. The zero-order chi connectivity index (χ0) is 60.5. The minimum absolute atomic E-state index is 0.0176. The first-order valence-electron chi connectivity index (χ1n) is 28.8. The number of nitrogens with zero attached hydrogens (tertiary/aromatic N) is 8. The summed E-state index contributed by atoms with van der Waals surface area (Å²) in [6, 6.07) is 12.4. The fourth-order valence-electron chi connectivity index (χ4n) is 12.2. The Morgan fingerprint density at radius 3 is 1.64 bits per heavy atom. The molecule has 6 heterocycles. The number of hydrogen-bond acceptors (Lipinski definition) is 16. The van der Waals surface area contributed by atoms with Crippen molar-refractivity contribution in [2.45, 2.75) is 126 Å². The zero-order valence-electron chi connectivity index (χ0n) is 47.3. The second-order valence-electron chi connectivity index (χ2n) is 24.4. The Kier molecular flexibility index (Phi) is 15.6. The fraction of sp³-hybridized carbons (Fsp3) is 0.534. The van der Waals surface area contributed by atoms with E-state index in [1.807, 2.05) is 4.90 Å². The number of carbonyl (C=O) groups is 3. The van der Waals surface area contributed by atoms with E-state index < -0.39 is 79.1 Å². The molecular weight excluding hydrogens is 1150 g/mol. The third kappa shape index (κ3) is 13.3. The fourth-order valence-corrected chi connectivity index (χ4v) is 15.0. The van der Waals surface area contributed by atoms with E-state index in [1.165, 1.54) is 25.1 Å². The average molecular weight is 1220 g/mol. The van der Waals surface area contributed by atoms with Crippen molar-refractivity contribution < 1.29 is 59.0 Å². The quantitative estimate of drug-likeness (QED) is 0.0293. The van der Waals surface area contributed by atoms with Crippen molar-refractivity contribution in [1.29, 1.82) is 0 Å². The number of benzene rings is 2. The van der Waals surface area contributed by atoms with Crippen LogP contribution in [0.25, 0.3) is 0 Å². The highest BCUT2D eigenvalue weighted by molar-refractivity contribution is 7.94. The maximum absolute atomic E-state index is 14.6. The third-order valence-electron chi connectivity index (χ3n) is 18.1. The number of amides is 2. The lowest BCUT2D eigenvalue weighted by molar-refractivity contribution is -0.131. The average Bonchev–Trinajstić information content (AvgIpc) is 1.82. The molecule has 3 saturated carbocycles. The third-order valence-corrected chi connectivity index (χ3v) is 21.6. The number of carboxylic acid groups (broad SMARTS) is 1. The summed E-state index contributed by atoms with van der Waals surface area (Å²) in [7, 11) is -8.21. The minimum Gasteiger partial charge on any atom is -0.478 e. The number of aliphatic carboxylic acids is 1. The number of halogens is 4. The molecule has 2 aromatic carbocycles. The summed E-state index contributed by atoms with van der Waals surface area (Å²) in [4.78, 5) is 66.6. The molecule has 4 saturated heterocycles. The van der Waals surface area contributed by atoms with Gasteiger partial charge in [-0.25, -0.2) is 49.2 Å². The highest BCUT2D eigenvalue weighted by Crippen LogP contribution is 2.65. The predicted molar refractivity (Wildman–Crippen MR) is 314 cm³/mol. The van der Waals surface area contributed by atoms with E-state index in [9.17, 15) is 59.0 Å². The molecule has 2 unspecified atom stereocenters. The van der Waals surface area contributed by atoms with Gasteiger partial charge in [-0.1, -0.05) is 18.2 Å². The van der Waals surface area contributed by atoms with E-state index in [0.717, 1.165) is 37.8 Å². The lowest BCUT2D eigenvalue weighted by Crippen LogP contribution is -2.40. The smallest absolute Gasteiger partial charge is 0.328 e. The van der Waals surface area contributed by atoms with Crippen LogP contribution in [0.4, 0.5) is 63.8 Å². The number of aryl methyl sites for hydroxylation is 1. The number of carboxylic acids is 1. The summed E-state index contributed by atoms with van der Waals surface area (Å²) in [5.41, 5.74) is 2.98. The maximum Gasteiger partial charge on any atom is 0.328 e. The Labute approximate surface area is 490 Å². The number of anilines is 8. The second kappa shape index (κ2) is 22.3. The molecule has 4 aromatic rings. The van der Waals surface area contributed by atoms with Gasteiger partial charge in [-0.2, -0.15) is 9.97 Å². The normalized spacial score (nSPS) is 22.2. The first-order valence-corrected chi connectivity index (χ1v) is 31.9. The van der Waals surface area contributed by atoms with Crippen molar-refractivity contribution in [3.8, 4) is 0 Å². The molecule has 2 atom stereocenters. The van der Waals surface area contributed by atoms with Crippen LogP contribution in [-0.4, -0.2) is 146 Å². The molecule has 0 bridgehead atoms. The number of carbonyl (C=O) groups excluding carboxylic acids is 2. The summed E-state index contributed by atoms with van der Waals surface area (Å²) in [6.07, 6.45) is 5.41. The van der Waals surface area contributed by atoms with Gasteiger partial charge in [0.1, 0.15) is 16.4 Å². The predicted octanol–water partition coefficient (Wildman–Crippen LogP) is 8.30. The molecule has 27 heteroatoms. The summed E-state index contributed by atoms with van der Waals surface area (Å²) >= 11 is 0. The Morgan fingerprint density at radius 1 is 0.659 bits per heavy atom. The minimum atomic E-state index is -4.17. The van der Waals surface area contributed by atoms with Gasteiger partial charge in [0.2, 0.25) is 31.9 Å². The summed E-state index contributed by atoms with van der Waals surface area (Å²) in [6.45, 7) is 8.91. The van der Waals surface area contributed by atoms with Crippen molar-refractivity contribution >= 4 is 84.1 Å². The van der Waals surface area contributed by atoms with Crippen LogP contribution >= 0.6 is 0 Å². The zero-order valence-corrected chi connectivity index (χ0v) is 49.0. The van der Waals surface area contributed by atoms with Crippen LogP contribution in [0.1, 0.15) is 128 Å². The standard InChI is InChI=1S/C58H70F4N12O9S2/c1-36(2)46(75)35-84(80,81)69-38-4-6-40(44(31-38)71-22-14-54(10-11-54)15-23-71)51(79)66-48-33-43(64-53(68-48)74-28-20-58(61,62)21-29-74)42-34-55(42)16-24-72(25-17-55)45-32-39(70-85(82,83)56(12-13-56)9-8-49(76)77)5-7-41(45)50(78)65-47-30-37(3)63-52(67-47)73-26-18-57(59,60)19-27-73/h4-9,30-33,42,46,69-70,75H,1,10-29,34-35H2,2-3H3,(H,76,77)(H,63,65,67,78)(H,64,66,68,79)/b9-8+. The molecule has 4 aliphatic heterocycles. The number of piperidine rings is 4. The SMILES string of the molecule is C=C(C)C(O)CS(=O)(=O)Nc1ccc(C(=O)Nc2cc(C3CC34CCN(c3cc(NS(=O)(=O)C5(/C=C/C(=O)O)CC5)ccc3C(=O)Nc3cc(C)nc(N5CCC(F)(F)CC5)n3)CC4)nc(N3CCC(F)(F)CC3)n2)c(N2CCC3(CC2)CC3)c1. The van der Waals surface area contributed by atoms with Gasteiger partial charge in [0.15, 0.2) is 0 Å². The highest BCUT2D eigenvalue weighted by atomic mass is 32.2. The number of rotatable bonds is 19. The second-order valence-corrected chi connectivity index (χ2v) is 28.2. The molecule has 6 N–H and O–H groups in total. The van der Waals surface area contributed by atoms with Gasteiger partial charge >= 0.3 is 5.97 Å². The van der Waals surface area contributed by atoms with Crippen molar-refractivity contribution in [3.05, 3.63) is 95.3 Å². The Balaban J connectivity index is 0.856. The first-order chi connectivity index (χ1) is 40.1. The van der Waals surface area contributed by atoms with E-state index in [-0.39, 0.29) is 115 Å². The number of aliphatic hydroxyl groups excluding tert-OH is 1. The van der Waals surface area contributed by atoms with Gasteiger partial charge in [0.05, 0.1) is 51.4 Å². The molecule has 2 amide bonds.